The topological polar surface area (TPSA) is 109 Å². The van der Waals surface area contributed by atoms with Crippen LogP contribution in [-0.2, 0) is 10.8 Å². The molecule has 0 saturated heterocycles. The Bertz CT molecular complexity index is 1660. The number of anilines is 1. The van der Waals surface area contributed by atoms with Gasteiger partial charge in [-0.15, -0.1) is 8.78 Å². The molecule has 0 saturated carbocycles. The van der Waals surface area contributed by atoms with Gasteiger partial charge in [-0.2, -0.15) is 0 Å². The van der Waals surface area contributed by atoms with Crippen molar-refractivity contribution in [1.29, 1.82) is 0 Å². The number of ether oxygens (including phenoxy) is 2. The Morgan fingerprint density at radius 2 is 1.80 bits per heavy atom. The number of nitrogens with zero attached hydrogens (tertiary/aromatic N) is 3. The minimum atomic E-state index is -3.81. The Hall–Kier alpha value is -4.36. The van der Waals surface area contributed by atoms with Gasteiger partial charge < -0.3 is 19.8 Å². The molecule has 0 amide bonds. The highest BCUT2D eigenvalue weighted by molar-refractivity contribution is 7.84. The number of alkyl halides is 4. The first-order chi connectivity index (χ1) is 19.0. The van der Waals surface area contributed by atoms with E-state index in [0.29, 0.717) is 27.4 Å². The molecule has 208 valence electrons. The lowest BCUT2D eigenvalue weighted by molar-refractivity contribution is -0.286. The lowest BCUT2D eigenvalue weighted by atomic mass is 10.0. The number of halogens is 4. The number of hydrogen-bond acceptors (Lipinski definition) is 7. The van der Waals surface area contributed by atoms with Crippen LogP contribution >= 0.6 is 0 Å². The predicted octanol–water partition coefficient (Wildman–Crippen LogP) is 5.48. The molecule has 5 rings (SSSR count). The molecular weight excluding hydrogens is 550 g/mol. The van der Waals surface area contributed by atoms with Gasteiger partial charge in [0.15, 0.2) is 11.5 Å². The first-order valence-electron chi connectivity index (χ1n) is 11.8. The van der Waals surface area contributed by atoms with Gasteiger partial charge in [-0.1, -0.05) is 18.2 Å². The number of fused-ring (bicyclic) bond motifs is 1. The number of hydrogen-bond donors (Lipinski definition) is 2. The SMILES string of the molecule is Cc1nc(C(F)F)cn1-c1ccc(-c2cccc(S(C)=O)c2)cc1N(N)/C(=C\N)c1ccc2c(c1)OC(F)(F)O2. The Labute approximate surface area is 228 Å². The molecule has 1 atom stereocenters. The highest BCUT2D eigenvalue weighted by atomic mass is 32.2. The summed E-state index contributed by atoms with van der Waals surface area (Å²) in [6.45, 7) is 1.57. The van der Waals surface area contributed by atoms with Crippen molar-refractivity contribution >= 4 is 22.2 Å². The van der Waals surface area contributed by atoms with Gasteiger partial charge in [0, 0.05) is 39.9 Å². The largest absolute Gasteiger partial charge is 0.586 e. The van der Waals surface area contributed by atoms with Crippen LogP contribution < -0.4 is 26.1 Å². The van der Waals surface area contributed by atoms with Crippen molar-refractivity contribution in [3.63, 3.8) is 0 Å². The Balaban J connectivity index is 1.64. The second-order valence-electron chi connectivity index (χ2n) is 8.82. The third-order valence-electron chi connectivity index (χ3n) is 6.23. The van der Waals surface area contributed by atoms with Gasteiger partial charge in [0.05, 0.1) is 17.1 Å². The van der Waals surface area contributed by atoms with Crippen molar-refractivity contribution in [2.75, 3.05) is 11.3 Å². The standard InChI is InChI=1S/C27H23F4N5O3S/c1-15-34-20(26(28)29)14-35(15)21-8-6-17(16-4-3-5-19(10-16)40(2)37)11-22(21)36(33)23(13-32)18-7-9-24-25(12-18)39-27(30,31)38-24/h3-14,26H,32-33H2,1-2H3/b23-13-. The molecule has 1 aliphatic heterocycles. The fraction of sp³-hybridized carbons (Fsp3) is 0.148. The fourth-order valence-electron chi connectivity index (χ4n) is 4.35. The van der Waals surface area contributed by atoms with Crippen LogP contribution in [0.5, 0.6) is 11.5 Å². The van der Waals surface area contributed by atoms with Crippen LogP contribution in [0.2, 0.25) is 0 Å². The summed E-state index contributed by atoms with van der Waals surface area (Å²) in [5, 5.41) is 1.21. The van der Waals surface area contributed by atoms with E-state index in [4.69, 9.17) is 11.6 Å². The molecule has 4 aromatic rings. The van der Waals surface area contributed by atoms with Crippen molar-refractivity contribution in [3.8, 4) is 28.3 Å². The van der Waals surface area contributed by atoms with Crippen LogP contribution in [0.15, 0.2) is 78.0 Å². The minimum Gasteiger partial charge on any atom is -0.403 e. The lowest BCUT2D eigenvalue weighted by Crippen LogP contribution is -2.31. The van der Waals surface area contributed by atoms with E-state index in [1.165, 1.54) is 40.2 Å². The maximum Gasteiger partial charge on any atom is 0.586 e. The molecule has 0 spiro atoms. The van der Waals surface area contributed by atoms with Gasteiger partial charge in [-0.25, -0.2) is 19.6 Å². The van der Waals surface area contributed by atoms with Gasteiger partial charge in [-0.05, 0) is 60.5 Å². The molecule has 13 heteroatoms. The van der Waals surface area contributed by atoms with Crippen molar-refractivity contribution in [1.82, 2.24) is 9.55 Å². The average Bonchev–Trinajstić information content (AvgIpc) is 3.46. The Morgan fingerprint density at radius 1 is 1.07 bits per heavy atom. The van der Waals surface area contributed by atoms with Gasteiger partial charge >= 0.3 is 6.29 Å². The number of aromatic nitrogens is 2. The molecule has 4 N–H and O–H groups in total. The van der Waals surface area contributed by atoms with Crippen molar-refractivity contribution in [3.05, 3.63) is 90.1 Å². The zero-order chi connectivity index (χ0) is 28.8. The Morgan fingerprint density at radius 3 is 2.48 bits per heavy atom. The monoisotopic (exact) mass is 573 g/mol. The molecule has 2 heterocycles. The van der Waals surface area contributed by atoms with Gasteiger partial charge in [0.25, 0.3) is 6.43 Å². The van der Waals surface area contributed by atoms with Gasteiger partial charge in [0.2, 0.25) is 0 Å². The highest BCUT2D eigenvalue weighted by Gasteiger charge is 2.43. The van der Waals surface area contributed by atoms with E-state index in [-0.39, 0.29) is 23.0 Å². The maximum absolute atomic E-state index is 13.6. The summed E-state index contributed by atoms with van der Waals surface area (Å²) in [6.07, 6.45) is -2.65. The van der Waals surface area contributed by atoms with E-state index in [1.54, 1.807) is 49.6 Å². The summed E-state index contributed by atoms with van der Waals surface area (Å²) < 4.78 is 76.7. The van der Waals surface area contributed by atoms with E-state index in [0.717, 1.165) is 5.56 Å². The van der Waals surface area contributed by atoms with Crippen LogP contribution in [-0.4, -0.2) is 26.3 Å². The smallest absolute Gasteiger partial charge is 0.403 e. The van der Waals surface area contributed by atoms with Crippen LogP contribution in [0.3, 0.4) is 0 Å². The van der Waals surface area contributed by atoms with Crippen LogP contribution in [0.25, 0.3) is 22.5 Å². The second kappa shape index (κ2) is 10.3. The van der Waals surface area contributed by atoms with Crippen molar-refractivity contribution in [2.24, 2.45) is 11.6 Å². The predicted molar refractivity (Wildman–Crippen MR) is 143 cm³/mol. The molecule has 1 unspecified atom stereocenters. The highest BCUT2D eigenvalue weighted by Crippen LogP contribution is 2.43. The molecule has 3 aromatic carbocycles. The third kappa shape index (κ3) is 5.12. The second-order valence-corrected chi connectivity index (χ2v) is 10.2. The summed E-state index contributed by atoms with van der Waals surface area (Å²) in [5.41, 5.74) is 8.16. The van der Waals surface area contributed by atoms with E-state index < -0.39 is 29.2 Å². The zero-order valence-electron chi connectivity index (χ0n) is 21.1. The molecule has 40 heavy (non-hydrogen) atoms. The van der Waals surface area contributed by atoms with E-state index in [2.05, 4.69) is 14.5 Å². The summed E-state index contributed by atoms with van der Waals surface area (Å²) >= 11 is 0. The summed E-state index contributed by atoms with van der Waals surface area (Å²) in [5.74, 6) is 6.51. The summed E-state index contributed by atoms with van der Waals surface area (Å²) in [6, 6.07) is 16.3. The molecule has 8 nitrogen and oxygen atoms in total. The fourth-order valence-corrected chi connectivity index (χ4v) is 4.92. The van der Waals surface area contributed by atoms with Gasteiger partial charge in [0.1, 0.15) is 11.5 Å². The summed E-state index contributed by atoms with van der Waals surface area (Å²) in [4.78, 5) is 4.56. The van der Waals surface area contributed by atoms with E-state index >= 15 is 0 Å². The third-order valence-corrected chi connectivity index (χ3v) is 7.15. The number of nitrogens with two attached hydrogens (primary N) is 2. The van der Waals surface area contributed by atoms with Crippen molar-refractivity contribution < 1.29 is 31.2 Å². The number of aryl methyl sites for hydroxylation is 1. The molecule has 0 radical (unpaired) electrons. The quantitative estimate of drug-likeness (QED) is 0.171. The number of imidazole rings is 1. The molecular formula is C27H23F4N5O3S. The molecule has 0 aliphatic carbocycles. The first-order valence-corrected chi connectivity index (χ1v) is 13.3. The first kappa shape index (κ1) is 27.2. The number of hydrazine groups is 1. The van der Waals surface area contributed by atoms with Gasteiger partial charge in [-0.3, -0.25) is 9.22 Å². The summed E-state index contributed by atoms with van der Waals surface area (Å²) in [7, 11) is -1.23. The lowest BCUT2D eigenvalue weighted by Gasteiger charge is -2.26. The van der Waals surface area contributed by atoms with Crippen LogP contribution in [0, 0.1) is 6.92 Å². The molecule has 0 fully saturated rings. The number of benzene rings is 3. The normalized spacial score (nSPS) is 14.9. The zero-order valence-corrected chi connectivity index (χ0v) is 22.0. The van der Waals surface area contributed by atoms with E-state index in [9.17, 15) is 21.8 Å². The number of rotatable bonds is 7. The Kier molecular flexibility index (Phi) is 7.02. The molecule has 1 aliphatic rings. The molecule has 1 aromatic heterocycles. The van der Waals surface area contributed by atoms with E-state index in [1.807, 2.05) is 6.07 Å². The molecule has 0 bridgehead atoms. The maximum atomic E-state index is 13.6. The van der Waals surface area contributed by atoms with Crippen molar-refractivity contribution in [2.45, 2.75) is 24.5 Å². The van der Waals surface area contributed by atoms with Crippen LogP contribution in [0.4, 0.5) is 23.2 Å². The minimum absolute atomic E-state index is 0.154. The van der Waals surface area contributed by atoms with Crippen LogP contribution in [0.1, 0.15) is 23.5 Å². The average molecular weight is 574 g/mol.